The second-order valence-corrected chi connectivity index (χ2v) is 6.76. The summed E-state index contributed by atoms with van der Waals surface area (Å²) in [5.74, 6) is 0. The highest BCUT2D eigenvalue weighted by Gasteiger charge is 2.27. The van der Waals surface area contributed by atoms with Crippen LogP contribution in [0.4, 0.5) is 0 Å². The second-order valence-electron chi connectivity index (χ2n) is 5.05. The van der Waals surface area contributed by atoms with Gasteiger partial charge in [-0.1, -0.05) is 18.2 Å². The lowest BCUT2D eigenvalue weighted by Crippen LogP contribution is -2.31. The van der Waals surface area contributed by atoms with Crippen LogP contribution >= 0.6 is 0 Å². The Bertz CT molecular complexity index is 707. The second kappa shape index (κ2) is 5.03. The molecule has 1 N–H and O–H groups in total. The van der Waals surface area contributed by atoms with Gasteiger partial charge in [-0.3, -0.25) is 4.68 Å². The molecule has 20 heavy (non-hydrogen) atoms. The van der Waals surface area contributed by atoms with Gasteiger partial charge in [-0.15, -0.1) is 0 Å². The molecule has 106 valence electrons. The van der Waals surface area contributed by atoms with Gasteiger partial charge in [0.15, 0.2) is 0 Å². The summed E-state index contributed by atoms with van der Waals surface area (Å²) in [4.78, 5) is 0.302. The summed E-state index contributed by atoms with van der Waals surface area (Å²) in [6, 6.07) is 8.29. The number of aryl methyl sites for hydroxylation is 1. The summed E-state index contributed by atoms with van der Waals surface area (Å²) in [5.41, 5.74) is 2.12. The van der Waals surface area contributed by atoms with Crippen molar-refractivity contribution in [2.24, 2.45) is 7.05 Å². The summed E-state index contributed by atoms with van der Waals surface area (Å²) >= 11 is 0. The SMILES string of the molecule is Cn1ncc2c1CCCC2NS(=O)(=O)c1ccccc1. The van der Waals surface area contributed by atoms with Gasteiger partial charge in [0, 0.05) is 18.3 Å². The lowest BCUT2D eigenvalue weighted by Gasteiger charge is -2.23. The van der Waals surface area contributed by atoms with Crippen LogP contribution in [0.1, 0.15) is 30.1 Å². The third kappa shape index (κ3) is 2.36. The van der Waals surface area contributed by atoms with Gasteiger partial charge in [0.05, 0.1) is 17.1 Å². The van der Waals surface area contributed by atoms with Crippen LogP contribution in [0.2, 0.25) is 0 Å². The molecule has 1 aromatic carbocycles. The topological polar surface area (TPSA) is 64.0 Å². The average Bonchev–Trinajstić information content (AvgIpc) is 2.83. The number of benzene rings is 1. The van der Waals surface area contributed by atoms with Crippen molar-refractivity contribution < 1.29 is 8.42 Å². The minimum absolute atomic E-state index is 0.183. The Morgan fingerprint density at radius 1 is 1.30 bits per heavy atom. The van der Waals surface area contributed by atoms with Crippen molar-refractivity contribution in [3.8, 4) is 0 Å². The molecule has 0 bridgehead atoms. The van der Waals surface area contributed by atoms with Crippen LogP contribution in [-0.4, -0.2) is 18.2 Å². The maximum Gasteiger partial charge on any atom is 0.241 e. The van der Waals surface area contributed by atoms with E-state index in [1.165, 1.54) is 0 Å². The highest BCUT2D eigenvalue weighted by Crippen LogP contribution is 2.30. The number of hydrogen-bond acceptors (Lipinski definition) is 3. The largest absolute Gasteiger partial charge is 0.272 e. The number of nitrogens with zero attached hydrogens (tertiary/aromatic N) is 2. The molecule has 0 spiro atoms. The molecule has 0 aliphatic heterocycles. The first-order chi connectivity index (χ1) is 9.58. The fraction of sp³-hybridized carbons (Fsp3) is 0.357. The molecule has 0 radical (unpaired) electrons. The van der Waals surface area contributed by atoms with E-state index in [1.807, 2.05) is 11.7 Å². The van der Waals surface area contributed by atoms with E-state index in [9.17, 15) is 8.42 Å². The van der Waals surface area contributed by atoms with Crippen LogP contribution in [0, 0.1) is 0 Å². The van der Waals surface area contributed by atoms with Gasteiger partial charge in [-0.2, -0.15) is 5.10 Å². The van der Waals surface area contributed by atoms with Gasteiger partial charge in [-0.25, -0.2) is 13.1 Å². The predicted octanol–water partition coefficient (Wildman–Crippen LogP) is 1.78. The summed E-state index contributed by atoms with van der Waals surface area (Å²) in [5, 5.41) is 4.23. The quantitative estimate of drug-likeness (QED) is 0.937. The van der Waals surface area contributed by atoms with Crippen molar-refractivity contribution in [2.75, 3.05) is 0 Å². The van der Waals surface area contributed by atoms with Crippen LogP contribution in [0.5, 0.6) is 0 Å². The molecular weight excluding hydrogens is 274 g/mol. The van der Waals surface area contributed by atoms with Crippen LogP contribution in [0.15, 0.2) is 41.4 Å². The van der Waals surface area contributed by atoms with E-state index in [1.54, 1.807) is 36.5 Å². The maximum atomic E-state index is 12.4. The number of sulfonamides is 1. The average molecular weight is 291 g/mol. The maximum absolute atomic E-state index is 12.4. The van der Waals surface area contributed by atoms with Crippen molar-refractivity contribution in [2.45, 2.75) is 30.2 Å². The summed E-state index contributed by atoms with van der Waals surface area (Å²) in [7, 11) is -1.58. The van der Waals surface area contributed by atoms with E-state index < -0.39 is 10.0 Å². The molecule has 0 amide bonds. The fourth-order valence-corrected chi connectivity index (χ4v) is 3.95. The van der Waals surface area contributed by atoms with Gasteiger partial charge < -0.3 is 0 Å². The molecule has 3 rings (SSSR count). The van der Waals surface area contributed by atoms with Gasteiger partial charge >= 0.3 is 0 Å². The Hall–Kier alpha value is -1.66. The number of fused-ring (bicyclic) bond motifs is 1. The number of nitrogens with one attached hydrogen (secondary N) is 1. The molecule has 2 aromatic rings. The van der Waals surface area contributed by atoms with E-state index in [-0.39, 0.29) is 6.04 Å². The zero-order valence-corrected chi connectivity index (χ0v) is 12.1. The van der Waals surface area contributed by atoms with Crippen molar-refractivity contribution in [1.29, 1.82) is 0 Å². The third-order valence-electron chi connectivity index (χ3n) is 3.73. The molecule has 0 saturated heterocycles. The first kappa shape index (κ1) is 13.3. The Kier molecular flexibility index (Phi) is 3.35. The van der Waals surface area contributed by atoms with Crippen LogP contribution < -0.4 is 4.72 Å². The Labute approximate surface area is 118 Å². The zero-order valence-electron chi connectivity index (χ0n) is 11.3. The summed E-state index contributed by atoms with van der Waals surface area (Å²) in [6.45, 7) is 0. The zero-order chi connectivity index (χ0) is 14.2. The Morgan fingerprint density at radius 2 is 2.05 bits per heavy atom. The van der Waals surface area contributed by atoms with Crippen LogP contribution in [0.25, 0.3) is 0 Å². The first-order valence-electron chi connectivity index (χ1n) is 6.66. The highest BCUT2D eigenvalue weighted by atomic mass is 32.2. The molecule has 6 heteroatoms. The van der Waals surface area contributed by atoms with Crippen molar-refractivity contribution in [1.82, 2.24) is 14.5 Å². The van der Waals surface area contributed by atoms with E-state index in [4.69, 9.17) is 0 Å². The van der Waals surface area contributed by atoms with Gasteiger partial charge in [0.2, 0.25) is 10.0 Å². The van der Waals surface area contributed by atoms with Crippen molar-refractivity contribution >= 4 is 10.0 Å². The Balaban J connectivity index is 1.89. The lowest BCUT2D eigenvalue weighted by molar-refractivity contribution is 0.498. The van der Waals surface area contributed by atoms with Crippen molar-refractivity contribution in [3.05, 3.63) is 47.8 Å². The Morgan fingerprint density at radius 3 is 2.80 bits per heavy atom. The van der Waals surface area contributed by atoms with Crippen LogP contribution in [0.3, 0.4) is 0 Å². The van der Waals surface area contributed by atoms with E-state index in [2.05, 4.69) is 9.82 Å². The summed E-state index contributed by atoms with van der Waals surface area (Å²) < 4.78 is 29.4. The van der Waals surface area contributed by atoms with Gasteiger partial charge in [-0.05, 0) is 31.4 Å². The number of aromatic nitrogens is 2. The molecule has 1 heterocycles. The predicted molar refractivity (Wildman–Crippen MR) is 75.7 cm³/mol. The van der Waals surface area contributed by atoms with Gasteiger partial charge in [0.25, 0.3) is 0 Å². The molecule has 1 aromatic heterocycles. The lowest BCUT2D eigenvalue weighted by atomic mass is 9.94. The third-order valence-corrected chi connectivity index (χ3v) is 5.21. The highest BCUT2D eigenvalue weighted by molar-refractivity contribution is 7.89. The monoisotopic (exact) mass is 291 g/mol. The molecule has 1 aliphatic rings. The normalized spacial score (nSPS) is 18.8. The molecule has 1 aliphatic carbocycles. The van der Waals surface area contributed by atoms with E-state index >= 15 is 0 Å². The van der Waals surface area contributed by atoms with E-state index in [0.29, 0.717) is 4.90 Å². The smallest absolute Gasteiger partial charge is 0.241 e. The van der Waals surface area contributed by atoms with Gasteiger partial charge in [0.1, 0.15) is 0 Å². The molecule has 0 fully saturated rings. The standard InChI is InChI=1S/C14H17N3O2S/c1-17-14-9-5-8-13(12(14)10-15-17)16-20(18,19)11-6-3-2-4-7-11/h2-4,6-7,10,13,16H,5,8-9H2,1H3. The molecule has 1 atom stereocenters. The minimum Gasteiger partial charge on any atom is -0.272 e. The first-order valence-corrected chi connectivity index (χ1v) is 8.14. The summed E-state index contributed by atoms with van der Waals surface area (Å²) in [6.07, 6.45) is 4.50. The minimum atomic E-state index is -3.48. The molecule has 5 nitrogen and oxygen atoms in total. The van der Waals surface area contributed by atoms with Crippen LogP contribution in [-0.2, 0) is 23.5 Å². The van der Waals surface area contributed by atoms with Crippen molar-refractivity contribution in [3.63, 3.8) is 0 Å². The molecular formula is C14H17N3O2S. The number of rotatable bonds is 3. The van der Waals surface area contributed by atoms with E-state index in [0.717, 1.165) is 30.5 Å². The molecule has 1 unspecified atom stereocenters. The molecule has 0 saturated carbocycles. The fourth-order valence-electron chi connectivity index (χ4n) is 2.68. The number of hydrogen-bond donors (Lipinski definition) is 1.